The van der Waals surface area contributed by atoms with Crippen LogP contribution < -0.4 is 0 Å². The van der Waals surface area contributed by atoms with E-state index in [2.05, 4.69) is 23.8 Å². The van der Waals surface area contributed by atoms with Crippen LogP contribution in [0.25, 0.3) is 16.6 Å². The summed E-state index contributed by atoms with van der Waals surface area (Å²) in [6.07, 6.45) is 1.87. The Bertz CT molecular complexity index is 1210. The highest BCUT2D eigenvalue weighted by atomic mass is 19.1. The van der Waals surface area contributed by atoms with Gasteiger partial charge in [0.1, 0.15) is 11.5 Å². The van der Waals surface area contributed by atoms with E-state index in [0.29, 0.717) is 34.6 Å². The molecule has 3 heterocycles. The van der Waals surface area contributed by atoms with E-state index in [1.807, 2.05) is 26.0 Å². The SMILES string of the molecule is Cc1cc(C(=O)N2C=C(C(O)OC(C)C)c3[nH]c4ncccc4c3C(C)(C)C2)ccc1F. The van der Waals surface area contributed by atoms with Crippen LogP contribution in [0, 0.1) is 12.7 Å². The minimum absolute atomic E-state index is 0.225. The molecule has 2 aromatic heterocycles. The third-order valence-corrected chi connectivity index (χ3v) is 5.73. The molecule has 1 aliphatic rings. The molecule has 1 unspecified atom stereocenters. The van der Waals surface area contributed by atoms with Gasteiger partial charge in [0.05, 0.1) is 11.8 Å². The molecule has 2 N–H and O–H groups in total. The largest absolute Gasteiger partial charge is 0.364 e. The molecule has 3 aromatic rings. The maximum Gasteiger partial charge on any atom is 0.257 e. The molecule has 1 aromatic carbocycles. The third kappa shape index (κ3) is 3.94. The fourth-order valence-corrected chi connectivity index (χ4v) is 4.32. The van der Waals surface area contributed by atoms with Crippen molar-refractivity contribution in [1.82, 2.24) is 14.9 Å². The van der Waals surface area contributed by atoms with E-state index in [4.69, 9.17) is 4.74 Å². The van der Waals surface area contributed by atoms with Gasteiger partial charge < -0.3 is 19.7 Å². The molecule has 32 heavy (non-hydrogen) atoms. The van der Waals surface area contributed by atoms with Crippen molar-refractivity contribution in [2.24, 2.45) is 0 Å². The molecule has 1 amide bonds. The van der Waals surface area contributed by atoms with Crippen molar-refractivity contribution < 1.29 is 19.0 Å². The number of amides is 1. The van der Waals surface area contributed by atoms with Gasteiger partial charge in [0.2, 0.25) is 0 Å². The predicted octanol–water partition coefficient (Wildman–Crippen LogP) is 4.53. The molecule has 1 aliphatic heterocycles. The molecule has 0 spiro atoms. The second-order valence-corrected chi connectivity index (χ2v) is 9.18. The predicted molar refractivity (Wildman–Crippen MR) is 121 cm³/mol. The summed E-state index contributed by atoms with van der Waals surface area (Å²) >= 11 is 0. The topological polar surface area (TPSA) is 78.5 Å². The number of hydrogen-bond acceptors (Lipinski definition) is 4. The van der Waals surface area contributed by atoms with Gasteiger partial charge in [-0.2, -0.15) is 0 Å². The van der Waals surface area contributed by atoms with Gasteiger partial charge in [-0.1, -0.05) is 13.8 Å². The number of rotatable bonds is 4. The number of fused-ring (bicyclic) bond motifs is 3. The fourth-order valence-electron chi connectivity index (χ4n) is 4.32. The van der Waals surface area contributed by atoms with Crippen LogP contribution in [0.2, 0.25) is 0 Å². The molecule has 168 valence electrons. The molecule has 0 bridgehead atoms. The van der Waals surface area contributed by atoms with E-state index in [1.54, 1.807) is 30.3 Å². The van der Waals surface area contributed by atoms with Crippen molar-refractivity contribution in [2.75, 3.05) is 6.54 Å². The molecule has 4 rings (SSSR count). The summed E-state index contributed by atoms with van der Waals surface area (Å²) in [6.45, 7) is 9.76. The number of halogens is 1. The standard InChI is InChI=1S/C25H28FN3O3/c1-14(2)32-24(31)18-12-29(23(30)16-8-9-19(26)15(3)11-16)13-25(4,5)20-17-7-6-10-27-22(17)28-21(18)20/h6-12,14,24,31H,13H2,1-5H3,(H,27,28). The number of H-pyrrole nitrogens is 1. The molecule has 0 saturated heterocycles. The summed E-state index contributed by atoms with van der Waals surface area (Å²) in [5, 5.41) is 11.9. The number of hydrogen-bond donors (Lipinski definition) is 2. The van der Waals surface area contributed by atoms with Gasteiger partial charge in [0, 0.05) is 40.9 Å². The second kappa shape index (κ2) is 8.15. The van der Waals surface area contributed by atoms with Crippen LogP contribution in [-0.2, 0) is 10.2 Å². The van der Waals surface area contributed by atoms with Crippen molar-refractivity contribution in [3.05, 3.63) is 70.9 Å². The van der Waals surface area contributed by atoms with E-state index in [0.717, 1.165) is 10.9 Å². The Balaban J connectivity index is 1.88. The zero-order valence-electron chi connectivity index (χ0n) is 18.9. The summed E-state index contributed by atoms with van der Waals surface area (Å²) in [5.41, 5.74) is 3.13. The van der Waals surface area contributed by atoms with Gasteiger partial charge in [-0.05, 0) is 62.2 Å². The minimum Gasteiger partial charge on any atom is -0.364 e. The first-order chi connectivity index (χ1) is 15.1. The summed E-state index contributed by atoms with van der Waals surface area (Å²) in [4.78, 5) is 22.8. The van der Waals surface area contributed by atoms with E-state index in [-0.39, 0.29) is 17.8 Å². The lowest BCUT2D eigenvalue weighted by atomic mass is 9.82. The van der Waals surface area contributed by atoms with Crippen LogP contribution in [0.3, 0.4) is 0 Å². The van der Waals surface area contributed by atoms with Crippen molar-refractivity contribution in [1.29, 1.82) is 0 Å². The number of aromatic amines is 1. The lowest BCUT2D eigenvalue weighted by Crippen LogP contribution is -2.37. The van der Waals surface area contributed by atoms with Crippen molar-refractivity contribution in [3.63, 3.8) is 0 Å². The summed E-state index contributed by atoms with van der Waals surface area (Å²) in [5.74, 6) is -0.633. The Hall–Kier alpha value is -3.03. The molecular weight excluding hydrogens is 409 g/mol. The highest BCUT2D eigenvalue weighted by Gasteiger charge is 2.37. The van der Waals surface area contributed by atoms with E-state index in [9.17, 15) is 14.3 Å². The molecular formula is C25H28FN3O3. The Morgan fingerprint density at radius 2 is 2.06 bits per heavy atom. The molecule has 0 aliphatic carbocycles. The van der Waals surface area contributed by atoms with Gasteiger partial charge in [-0.3, -0.25) is 4.79 Å². The molecule has 0 radical (unpaired) electrons. The van der Waals surface area contributed by atoms with Gasteiger partial charge in [-0.25, -0.2) is 9.37 Å². The zero-order chi connectivity index (χ0) is 23.2. The number of aryl methyl sites for hydroxylation is 1. The van der Waals surface area contributed by atoms with Gasteiger partial charge >= 0.3 is 0 Å². The monoisotopic (exact) mass is 437 g/mol. The highest BCUT2D eigenvalue weighted by Crippen LogP contribution is 2.41. The smallest absolute Gasteiger partial charge is 0.257 e. The Morgan fingerprint density at radius 1 is 1.31 bits per heavy atom. The summed E-state index contributed by atoms with van der Waals surface area (Å²) in [6, 6.07) is 8.17. The van der Waals surface area contributed by atoms with E-state index >= 15 is 0 Å². The maximum atomic E-state index is 13.8. The summed E-state index contributed by atoms with van der Waals surface area (Å²) in [7, 11) is 0. The van der Waals surface area contributed by atoms with Crippen molar-refractivity contribution >= 4 is 22.5 Å². The first-order valence-corrected chi connectivity index (χ1v) is 10.7. The first-order valence-electron chi connectivity index (χ1n) is 10.7. The second-order valence-electron chi connectivity index (χ2n) is 9.18. The number of carbonyl (C=O) groups is 1. The molecule has 1 atom stereocenters. The number of pyridine rings is 1. The average molecular weight is 438 g/mol. The number of ether oxygens (including phenoxy) is 1. The molecule has 0 saturated carbocycles. The fraction of sp³-hybridized carbons (Fsp3) is 0.360. The zero-order valence-corrected chi connectivity index (χ0v) is 18.9. The number of aromatic nitrogens is 2. The Labute approximate surface area is 186 Å². The Kier molecular flexibility index (Phi) is 5.65. The Morgan fingerprint density at radius 3 is 2.75 bits per heavy atom. The summed E-state index contributed by atoms with van der Waals surface area (Å²) < 4.78 is 19.5. The van der Waals surface area contributed by atoms with E-state index in [1.165, 1.54) is 12.1 Å². The van der Waals surface area contributed by atoms with Crippen LogP contribution in [0.15, 0.2) is 42.7 Å². The number of nitrogens with one attached hydrogen (secondary N) is 1. The number of nitrogens with zero attached hydrogens (tertiary/aromatic N) is 2. The molecule has 6 nitrogen and oxygen atoms in total. The molecule has 7 heteroatoms. The van der Waals surface area contributed by atoms with Gasteiger partial charge in [0.15, 0.2) is 6.29 Å². The number of aliphatic hydroxyl groups excluding tert-OH is 1. The normalized spacial score (nSPS) is 16.6. The van der Waals surface area contributed by atoms with Gasteiger partial charge in [0.25, 0.3) is 5.91 Å². The minimum atomic E-state index is -1.25. The number of carbonyl (C=O) groups excluding carboxylic acids is 1. The van der Waals surface area contributed by atoms with Crippen LogP contribution in [0.1, 0.15) is 54.9 Å². The van der Waals surface area contributed by atoms with Crippen molar-refractivity contribution in [3.8, 4) is 0 Å². The quantitative estimate of drug-likeness (QED) is 0.588. The lowest BCUT2D eigenvalue weighted by Gasteiger charge is -2.29. The van der Waals surface area contributed by atoms with Crippen LogP contribution in [0.4, 0.5) is 4.39 Å². The lowest BCUT2D eigenvalue weighted by molar-refractivity contribution is -0.0859. The number of benzene rings is 1. The molecule has 0 fully saturated rings. The highest BCUT2D eigenvalue weighted by molar-refractivity contribution is 5.97. The van der Waals surface area contributed by atoms with Crippen LogP contribution in [-0.4, -0.2) is 44.8 Å². The van der Waals surface area contributed by atoms with Crippen LogP contribution >= 0.6 is 0 Å². The van der Waals surface area contributed by atoms with Crippen LogP contribution in [0.5, 0.6) is 0 Å². The first kappa shape index (κ1) is 22.2. The van der Waals surface area contributed by atoms with Crippen molar-refractivity contribution in [2.45, 2.75) is 52.4 Å². The maximum absolute atomic E-state index is 13.8. The van der Waals surface area contributed by atoms with E-state index < -0.39 is 11.7 Å². The average Bonchev–Trinajstić information content (AvgIpc) is 3.06. The van der Waals surface area contributed by atoms with Gasteiger partial charge in [-0.15, -0.1) is 0 Å². The third-order valence-electron chi connectivity index (χ3n) is 5.73. The number of aliphatic hydroxyl groups is 1.